The van der Waals surface area contributed by atoms with E-state index in [-0.39, 0.29) is 35.1 Å². The van der Waals surface area contributed by atoms with Gasteiger partial charge >= 0.3 is 0 Å². The van der Waals surface area contributed by atoms with E-state index in [2.05, 4.69) is 0 Å². The van der Waals surface area contributed by atoms with Gasteiger partial charge in [0.1, 0.15) is 5.82 Å². The maximum atomic E-state index is 13.6. The molecule has 2 fully saturated rings. The molecule has 3 nitrogen and oxygen atoms in total. The number of benzene rings is 1. The van der Waals surface area contributed by atoms with Crippen molar-refractivity contribution < 1.29 is 12.8 Å². The highest BCUT2D eigenvalue weighted by atomic mass is 32.2. The van der Waals surface area contributed by atoms with Crippen LogP contribution in [0.2, 0.25) is 0 Å². The molecule has 3 rings (SSSR count). The number of nitrogen functional groups attached to an aromatic ring is 1. The molecule has 5 heteroatoms. The van der Waals surface area contributed by atoms with Gasteiger partial charge in [0.2, 0.25) is 0 Å². The minimum atomic E-state index is -2.85. The quantitative estimate of drug-likeness (QED) is 0.751. The lowest BCUT2D eigenvalue weighted by Gasteiger charge is -2.06. The van der Waals surface area contributed by atoms with Gasteiger partial charge in [0.05, 0.1) is 11.5 Å². The van der Waals surface area contributed by atoms with Crippen LogP contribution in [0.25, 0.3) is 0 Å². The van der Waals surface area contributed by atoms with Crippen LogP contribution in [0.15, 0.2) is 18.2 Å². The third-order valence-electron chi connectivity index (χ3n) is 3.61. The SMILES string of the molecule is Nc1ccc([C@H]2[C@@H]3CS(=O)(=O)C[C@@H]32)c(F)c1. The van der Waals surface area contributed by atoms with Crippen LogP contribution in [-0.4, -0.2) is 19.9 Å². The Morgan fingerprint density at radius 1 is 1.25 bits per heavy atom. The Kier molecular flexibility index (Phi) is 1.87. The van der Waals surface area contributed by atoms with Crippen molar-refractivity contribution in [2.75, 3.05) is 17.2 Å². The first-order valence-electron chi connectivity index (χ1n) is 5.23. The van der Waals surface area contributed by atoms with E-state index in [4.69, 9.17) is 5.73 Å². The Labute approximate surface area is 93.4 Å². The molecule has 1 aliphatic heterocycles. The fourth-order valence-electron chi connectivity index (χ4n) is 2.83. The molecule has 0 spiro atoms. The average molecular weight is 241 g/mol. The summed E-state index contributed by atoms with van der Waals surface area (Å²) in [4.78, 5) is 0. The van der Waals surface area contributed by atoms with E-state index in [1.54, 1.807) is 12.1 Å². The highest BCUT2D eigenvalue weighted by Crippen LogP contribution is 2.59. The second-order valence-corrected chi connectivity index (χ2v) is 6.87. The van der Waals surface area contributed by atoms with Crippen LogP contribution in [0, 0.1) is 17.7 Å². The van der Waals surface area contributed by atoms with E-state index in [1.165, 1.54) is 6.07 Å². The Balaban J connectivity index is 1.88. The summed E-state index contributed by atoms with van der Waals surface area (Å²) in [6.07, 6.45) is 0. The van der Waals surface area contributed by atoms with Gasteiger partial charge in [-0.2, -0.15) is 0 Å². The van der Waals surface area contributed by atoms with E-state index in [1.807, 2.05) is 0 Å². The second-order valence-electron chi connectivity index (χ2n) is 4.71. The van der Waals surface area contributed by atoms with Crippen molar-refractivity contribution in [1.29, 1.82) is 0 Å². The number of halogens is 1. The summed E-state index contributed by atoms with van der Waals surface area (Å²) in [6.45, 7) is 0. The molecule has 0 bridgehead atoms. The molecule has 1 heterocycles. The first-order valence-corrected chi connectivity index (χ1v) is 7.05. The second kappa shape index (κ2) is 2.97. The van der Waals surface area contributed by atoms with Crippen LogP contribution in [0.5, 0.6) is 0 Å². The fourth-order valence-corrected chi connectivity index (χ4v) is 5.05. The molecule has 1 saturated heterocycles. The summed E-state index contributed by atoms with van der Waals surface area (Å²) in [5.74, 6) is 0.463. The Morgan fingerprint density at radius 3 is 2.44 bits per heavy atom. The fraction of sp³-hybridized carbons (Fsp3) is 0.455. The number of rotatable bonds is 1. The monoisotopic (exact) mass is 241 g/mol. The summed E-state index contributed by atoms with van der Waals surface area (Å²) >= 11 is 0. The number of sulfone groups is 1. The molecule has 0 aromatic heterocycles. The molecule has 1 aromatic rings. The predicted octanol–water partition coefficient (Wildman–Crippen LogP) is 1.17. The third-order valence-corrected chi connectivity index (χ3v) is 5.39. The molecule has 86 valence electrons. The molecular formula is C11H12FNO2S. The topological polar surface area (TPSA) is 60.2 Å². The maximum Gasteiger partial charge on any atom is 0.150 e. The number of hydrogen-bond donors (Lipinski definition) is 1. The molecule has 1 aromatic carbocycles. The first kappa shape index (κ1) is 10.1. The zero-order chi connectivity index (χ0) is 11.5. The van der Waals surface area contributed by atoms with E-state index in [0.717, 1.165) is 0 Å². The van der Waals surface area contributed by atoms with E-state index >= 15 is 0 Å². The molecule has 0 unspecified atom stereocenters. The molecule has 0 radical (unpaired) electrons. The maximum absolute atomic E-state index is 13.6. The summed E-state index contributed by atoms with van der Waals surface area (Å²) in [6, 6.07) is 4.65. The van der Waals surface area contributed by atoms with Gasteiger partial charge in [-0.25, -0.2) is 12.8 Å². The highest BCUT2D eigenvalue weighted by Gasteiger charge is 2.59. The smallest absolute Gasteiger partial charge is 0.150 e. The van der Waals surface area contributed by atoms with Crippen molar-refractivity contribution in [2.45, 2.75) is 5.92 Å². The van der Waals surface area contributed by atoms with Gasteiger partial charge in [-0.1, -0.05) is 6.07 Å². The van der Waals surface area contributed by atoms with Gasteiger partial charge in [0, 0.05) is 5.69 Å². The lowest BCUT2D eigenvalue weighted by Crippen LogP contribution is -2.09. The molecule has 0 amide bonds. The number of fused-ring (bicyclic) bond motifs is 1. The van der Waals surface area contributed by atoms with Crippen molar-refractivity contribution in [3.05, 3.63) is 29.6 Å². The van der Waals surface area contributed by atoms with Gasteiger partial charge in [-0.3, -0.25) is 0 Å². The van der Waals surface area contributed by atoms with Gasteiger partial charge < -0.3 is 5.73 Å². The van der Waals surface area contributed by atoms with E-state index < -0.39 is 9.84 Å². The largest absolute Gasteiger partial charge is 0.399 e. The number of anilines is 1. The van der Waals surface area contributed by atoms with Crippen LogP contribution < -0.4 is 5.73 Å². The Morgan fingerprint density at radius 2 is 1.88 bits per heavy atom. The van der Waals surface area contributed by atoms with Crippen LogP contribution in [-0.2, 0) is 9.84 Å². The molecular weight excluding hydrogens is 229 g/mol. The van der Waals surface area contributed by atoms with Crippen LogP contribution in [0.3, 0.4) is 0 Å². The van der Waals surface area contributed by atoms with Gasteiger partial charge in [-0.05, 0) is 35.4 Å². The summed E-state index contributed by atoms with van der Waals surface area (Å²) < 4.78 is 36.2. The molecule has 16 heavy (non-hydrogen) atoms. The Bertz CT molecular complexity index is 537. The first-order chi connectivity index (χ1) is 7.48. The predicted molar refractivity (Wildman–Crippen MR) is 59.2 cm³/mol. The van der Waals surface area contributed by atoms with Gasteiger partial charge in [0.25, 0.3) is 0 Å². The molecule has 1 saturated carbocycles. The third kappa shape index (κ3) is 1.42. The van der Waals surface area contributed by atoms with Crippen LogP contribution in [0.1, 0.15) is 11.5 Å². The lowest BCUT2D eigenvalue weighted by atomic mass is 10.1. The lowest BCUT2D eigenvalue weighted by molar-refractivity contribution is 0.588. The average Bonchev–Trinajstić information content (AvgIpc) is 2.68. The van der Waals surface area contributed by atoms with E-state index in [9.17, 15) is 12.8 Å². The molecule has 2 N–H and O–H groups in total. The molecule has 2 aliphatic rings. The normalized spacial score (nSPS) is 34.7. The summed E-state index contributed by atoms with van der Waals surface area (Å²) in [7, 11) is -2.85. The molecule has 3 atom stereocenters. The van der Waals surface area contributed by atoms with E-state index in [0.29, 0.717) is 11.3 Å². The number of nitrogens with two attached hydrogens (primary N) is 1. The van der Waals surface area contributed by atoms with Gasteiger partial charge in [-0.15, -0.1) is 0 Å². The Hall–Kier alpha value is -1.10. The van der Waals surface area contributed by atoms with Crippen molar-refractivity contribution in [1.82, 2.24) is 0 Å². The number of hydrogen-bond acceptors (Lipinski definition) is 3. The minimum absolute atomic E-state index is 0.0872. The van der Waals surface area contributed by atoms with Crippen molar-refractivity contribution in [2.24, 2.45) is 11.8 Å². The summed E-state index contributed by atoms with van der Waals surface area (Å²) in [5, 5.41) is 0. The van der Waals surface area contributed by atoms with Crippen LogP contribution in [0.4, 0.5) is 10.1 Å². The van der Waals surface area contributed by atoms with Crippen molar-refractivity contribution in [3.63, 3.8) is 0 Å². The van der Waals surface area contributed by atoms with Gasteiger partial charge in [0.15, 0.2) is 9.84 Å². The van der Waals surface area contributed by atoms with Crippen LogP contribution >= 0.6 is 0 Å². The zero-order valence-corrected chi connectivity index (χ0v) is 9.37. The van der Waals surface area contributed by atoms with Crippen molar-refractivity contribution in [3.8, 4) is 0 Å². The highest BCUT2D eigenvalue weighted by molar-refractivity contribution is 7.91. The minimum Gasteiger partial charge on any atom is -0.399 e. The molecule has 1 aliphatic carbocycles. The summed E-state index contributed by atoms with van der Waals surface area (Å²) in [5.41, 5.74) is 6.50. The van der Waals surface area contributed by atoms with Crippen molar-refractivity contribution >= 4 is 15.5 Å². The zero-order valence-electron chi connectivity index (χ0n) is 8.56. The standard InChI is InChI=1S/C11H12FNO2S/c12-10-3-6(13)1-2-7(10)11-8-4-16(14,15)5-9(8)11/h1-3,8-9,11H,4-5,13H2/t8-,9+,11+.